The highest BCUT2D eigenvalue weighted by molar-refractivity contribution is 7.91. The van der Waals surface area contributed by atoms with E-state index in [1.54, 1.807) is 60.7 Å². The topological polar surface area (TPSA) is 141 Å². The van der Waals surface area contributed by atoms with Gasteiger partial charge < -0.3 is 23.8 Å². The van der Waals surface area contributed by atoms with Crippen LogP contribution in [0.3, 0.4) is 0 Å². The van der Waals surface area contributed by atoms with Gasteiger partial charge in [0.1, 0.15) is 43.4 Å². The number of unbranched alkanes of at least 4 members (excludes halogenated alkanes) is 1. The molecule has 1 aliphatic carbocycles. The Bertz CT molecular complexity index is 1830. The summed E-state index contributed by atoms with van der Waals surface area (Å²) in [5, 5.41) is 0. The summed E-state index contributed by atoms with van der Waals surface area (Å²) >= 11 is 0. The van der Waals surface area contributed by atoms with E-state index in [1.165, 1.54) is 6.08 Å². The van der Waals surface area contributed by atoms with Gasteiger partial charge >= 0.3 is 28.4 Å². The molecule has 0 spiro atoms. The molecule has 3 aromatic carbocycles. The standard InChI is InChI=1S/C39H48FN3O9S/c1-6-8-21-42(38(46)51-27-29-17-13-10-14-18-29)31-20-19-30-23-33(50-26-28-15-11-9-12-16-28)36(35(40)32(30)24-31)43(25-34(44)52-39(3,4)5)53(47,48)41-37(45)49-22-7-2/h7,9-18,23,31H,2,6,8,19-22,24-27H2,1,3-5H3,(H,41,45)/t31-/m1/s1. The van der Waals surface area contributed by atoms with Gasteiger partial charge in [-0.05, 0) is 74.8 Å². The van der Waals surface area contributed by atoms with E-state index in [2.05, 4.69) is 6.58 Å². The van der Waals surface area contributed by atoms with Gasteiger partial charge in [-0.3, -0.25) is 4.79 Å². The summed E-state index contributed by atoms with van der Waals surface area (Å²) in [6.07, 6.45) is 1.63. The van der Waals surface area contributed by atoms with E-state index in [4.69, 9.17) is 18.9 Å². The Balaban J connectivity index is 1.78. The van der Waals surface area contributed by atoms with Crippen molar-refractivity contribution in [3.63, 3.8) is 0 Å². The molecular formula is C39H48FN3O9S. The van der Waals surface area contributed by atoms with Gasteiger partial charge in [-0.25, -0.2) is 23.0 Å². The number of ether oxygens (including phenoxy) is 4. The molecule has 286 valence electrons. The summed E-state index contributed by atoms with van der Waals surface area (Å²) in [6, 6.07) is 19.3. The molecule has 1 N–H and O–H groups in total. The number of esters is 1. The van der Waals surface area contributed by atoms with Crippen LogP contribution in [0.25, 0.3) is 0 Å². The van der Waals surface area contributed by atoms with Crippen molar-refractivity contribution in [3.8, 4) is 5.75 Å². The number of carbonyl (C=O) groups excluding carboxylic acids is 3. The zero-order valence-electron chi connectivity index (χ0n) is 30.6. The summed E-state index contributed by atoms with van der Waals surface area (Å²) in [5.74, 6) is -2.18. The van der Waals surface area contributed by atoms with Crippen LogP contribution < -0.4 is 13.8 Å². The first-order valence-corrected chi connectivity index (χ1v) is 18.9. The molecule has 14 heteroatoms. The molecule has 0 aromatic heterocycles. The number of amides is 2. The number of hydrogen-bond acceptors (Lipinski definition) is 9. The Morgan fingerprint density at radius 3 is 2.25 bits per heavy atom. The molecule has 0 heterocycles. The van der Waals surface area contributed by atoms with Crippen LogP contribution in [0.4, 0.5) is 19.7 Å². The zero-order chi connectivity index (χ0) is 38.6. The second-order valence-electron chi connectivity index (χ2n) is 13.5. The Hall–Kier alpha value is -5.11. The zero-order valence-corrected chi connectivity index (χ0v) is 31.5. The Kier molecular flexibility index (Phi) is 14.3. The van der Waals surface area contributed by atoms with E-state index in [0.29, 0.717) is 41.2 Å². The van der Waals surface area contributed by atoms with Crippen molar-refractivity contribution in [2.45, 2.75) is 84.7 Å². The van der Waals surface area contributed by atoms with E-state index in [0.717, 1.165) is 12.0 Å². The first-order valence-electron chi connectivity index (χ1n) is 17.5. The van der Waals surface area contributed by atoms with Crippen LogP contribution in [-0.4, -0.2) is 62.8 Å². The van der Waals surface area contributed by atoms with Gasteiger partial charge in [0.15, 0.2) is 5.82 Å². The number of halogens is 1. The molecule has 0 unspecified atom stereocenters. The number of aryl methyl sites for hydroxylation is 1. The monoisotopic (exact) mass is 753 g/mol. The molecule has 1 atom stereocenters. The number of rotatable bonds is 16. The number of fused-ring (bicyclic) bond motifs is 1. The third-order valence-corrected chi connectivity index (χ3v) is 9.55. The highest BCUT2D eigenvalue weighted by Crippen LogP contribution is 2.41. The second-order valence-corrected chi connectivity index (χ2v) is 15.1. The lowest BCUT2D eigenvalue weighted by Gasteiger charge is -2.36. The number of carbonyl (C=O) groups is 3. The van der Waals surface area contributed by atoms with E-state index < -0.39 is 58.1 Å². The molecular weight excluding hydrogens is 706 g/mol. The molecule has 0 aliphatic heterocycles. The Morgan fingerprint density at radius 2 is 1.64 bits per heavy atom. The third-order valence-electron chi connectivity index (χ3n) is 8.23. The van der Waals surface area contributed by atoms with Crippen molar-refractivity contribution in [1.29, 1.82) is 0 Å². The predicted molar refractivity (Wildman–Crippen MR) is 198 cm³/mol. The average Bonchev–Trinajstić information content (AvgIpc) is 3.11. The second kappa shape index (κ2) is 18.6. The Labute approximate surface area is 311 Å². The molecule has 3 aromatic rings. The molecule has 53 heavy (non-hydrogen) atoms. The molecule has 2 amide bonds. The van der Waals surface area contributed by atoms with Crippen molar-refractivity contribution >= 4 is 34.1 Å². The van der Waals surface area contributed by atoms with Gasteiger partial charge in [-0.2, -0.15) is 8.42 Å². The average molecular weight is 754 g/mol. The first-order chi connectivity index (χ1) is 25.2. The van der Waals surface area contributed by atoms with Crippen LogP contribution in [-0.2, 0) is 55.3 Å². The molecule has 4 rings (SSSR count). The maximum Gasteiger partial charge on any atom is 0.422 e. The van der Waals surface area contributed by atoms with E-state index in [9.17, 15) is 22.8 Å². The lowest BCUT2D eigenvalue weighted by molar-refractivity contribution is -0.152. The highest BCUT2D eigenvalue weighted by Gasteiger charge is 2.38. The number of anilines is 1. The minimum Gasteiger partial charge on any atom is -0.487 e. The quantitative estimate of drug-likeness (QED) is 0.0930. The van der Waals surface area contributed by atoms with Crippen LogP contribution in [0, 0.1) is 5.82 Å². The van der Waals surface area contributed by atoms with Gasteiger partial charge in [0.2, 0.25) is 0 Å². The fourth-order valence-electron chi connectivity index (χ4n) is 5.81. The fraction of sp³-hybridized carbons (Fsp3) is 0.410. The maximum absolute atomic E-state index is 17.3. The lowest BCUT2D eigenvalue weighted by atomic mass is 9.86. The van der Waals surface area contributed by atoms with E-state index >= 15 is 4.39 Å². The van der Waals surface area contributed by atoms with Crippen LogP contribution in [0.1, 0.15) is 69.2 Å². The number of nitrogens with zero attached hydrogens (tertiary/aromatic N) is 2. The van der Waals surface area contributed by atoms with Gasteiger partial charge in [-0.15, -0.1) is 0 Å². The molecule has 0 bridgehead atoms. The van der Waals surface area contributed by atoms with E-state index in [-0.39, 0.29) is 37.6 Å². The fourth-order valence-corrected chi connectivity index (χ4v) is 6.87. The molecule has 0 radical (unpaired) electrons. The summed E-state index contributed by atoms with van der Waals surface area (Å²) in [5.41, 5.74) is 0.587. The molecule has 0 saturated carbocycles. The van der Waals surface area contributed by atoms with Gasteiger partial charge in [0, 0.05) is 12.6 Å². The molecule has 0 saturated heterocycles. The minimum absolute atomic E-state index is 0.0203. The minimum atomic E-state index is -5.03. The number of nitrogens with one attached hydrogen (secondary N) is 1. The summed E-state index contributed by atoms with van der Waals surface area (Å²) in [6.45, 7) is 9.25. The van der Waals surface area contributed by atoms with E-state index in [1.807, 2.05) is 43.3 Å². The van der Waals surface area contributed by atoms with Crippen LogP contribution in [0.2, 0.25) is 0 Å². The van der Waals surface area contributed by atoms with Gasteiger partial charge in [-0.1, -0.05) is 86.7 Å². The smallest absolute Gasteiger partial charge is 0.422 e. The maximum atomic E-state index is 17.3. The van der Waals surface area contributed by atoms with Crippen molar-refractivity contribution in [1.82, 2.24) is 9.62 Å². The highest BCUT2D eigenvalue weighted by atomic mass is 32.2. The lowest BCUT2D eigenvalue weighted by Crippen LogP contribution is -2.48. The molecule has 0 fully saturated rings. The van der Waals surface area contributed by atoms with Gasteiger partial charge in [0.25, 0.3) is 0 Å². The summed E-state index contributed by atoms with van der Waals surface area (Å²) in [7, 11) is -5.03. The SMILES string of the molecule is C=CCOC(=O)NS(=O)(=O)N(CC(=O)OC(C)(C)C)c1c(OCc2ccccc2)cc2c(c1F)C[C@H](N(CCCC)C(=O)OCc1ccccc1)CC2. The molecule has 12 nitrogen and oxygen atoms in total. The Morgan fingerprint density at radius 1 is 1.00 bits per heavy atom. The molecule has 1 aliphatic rings. The predicted octanol–water partition coefficient (Wildman–Crippen LogP) is 7.01. The first kappa shape index (κ1) is 40.7. The number of hydrogen-bond donors (Lipinski definition) is 1. The van der Waals surface area contributed by atoms with Crippen LogP contribution in [0.5, 0.6) is 5.75 Å². The largest absolute Gasteiger partial charge is 0.487 e. The normalized spacial score (nSPS) is 13.9. The van der Waals surface area contributed by atoms with Gasteiger partial charge in [0.05, 0.1) is 0 Å². The summed E-state index contributed by atoms with van der Waals surface area (Å²) in [4.78, 5) is 40.8. The van der Waals surface area contributed by atoms with Crippen molar-refractivity contribution < 1.29 is 46.1 Å². The van der Waals surface area contributed by atoms with Crippen LogP contribution >= 0.6 is 0 Å². The van der Waals surface area contributed by atoms with Crippen molar-refractivity contribution in [3.05, 3.63) is 107 Å². The van der Waals surface area contributed by atoms with Crippen LogP contribution in [0.15, 0.2) is 79.4 Å². The third kappa shape index (κ3) is 11.7. The number of benzene rings is 3. The van der Waals surface area contributed by atoms with Crippen molar-refractivity contribution in [2.75, 3.05) is 24.0 Å². The van der Waals surface area contributed by atoms with Crippen molar-refractivity contribution in [2.24, 2.45) is 0 Å². The summed E-state index contributed by atoms with van der Waals surface area (Å²) < 4.78 is 69.3.